The molecule has 0 heterocycles. The number of aryl methyl sites for hydroxylation is 1. The van der Waals surface area contributed by atoms with Crippen molar-refractivity contribution in [1.29, 1.82) is 0 Å². The Kier molecular flexibility index (Phi) is 6.81. The fourth-order valence-corrected chi connectivity index (χ4v) is 2.43. The summed E-state index contributed by atoms with van der Waals surface area (Å²) in [4.78, 5) is 22.7. The van der Waals surface area contributed by atoms with Crippen molar-refractivity contribution in [3.05, 3.63) is 65.2 Å². The molecule has 0 aliphatic rings. The van der Waals surface area contributed by atoms with Crippen molar-refractivity contribution in [2.24, 2.45) is 0 Å². The molecule has 8 heteroatoms. The Hall–Kier alpha value is -3.03. The van der Waals surface area contributed by atoms with Crippen LogP contribution in [-0.2, 0) is 17.6 Å². The highest BCUT2D eigenvalue weighted by atomic mass is 19.4. The maximum Gasteiger partial charge on any atom is 0.573 e. The van der Waals surface area contributed by atoms with Gasteiger partial charge < -0.3 is 15.2 Å². The first-order valence-electron chi connectivity index (χ1n) is 8.17. The second-order valence-corrected chi connectivity index (χ2v) is 5.76. The van der Waals surface area contributed by atoms with E-state index >= 15 is 0 Å². The number of benzene rings is 2. The summed E-state index contributed by atoms with van der Waals surface area (Å²) >= 11 is 0. The third-order valence-electron chi connectivity index (χ3n) is 3.76. The second-order valence-electron chi connectivity index (χ2n) is 5.76. The van der Waals surface area contributed by atoms with Gasteiger partial charge in [0.1, 0.15) is 5.75 Å². The summed E-state index contributed by atoms with van der Waals surface area (Å²) in [5.41, 5.74) is 1.33. The van der Waals surface area contributed by atoms with Gasteiger partial charge in [-0.25, -0.2) is 4.79 Å². The van der Waals surface area contributed by atoms with Crippen molar-refractivity contribution < 1.29 is 32.6 Å². The first-order valence-corrected chi connectivity index (χ1v) is 8.17. The van der Waals surface area contributed by atoms with Crippen molar-refractivity contribution in [1.82, 2.24) is 5.32 Å². The molecule has 0 aliphatic heterocycles. The number of amides is 1. The first-order chi connectivity index (χ1) is 12.7. The molecular formula is C19H18F3NO4. The number of alkyl halides is 3. The number of carbonyl (C=O) groups is 2. The summed E-state index contributed by atoms with van der Waals surface area (Å²) in [7, 11) is 0. The highest BCUT2D eigenvalue weighted by Crippen LogP contribution is 2.26. The molecule has 2 aromatic carbocycles. The van der Waals surface area contributed by atoms with Gasteiger partial charge in [0.2, 0.25) is 5.91 Å². The van der Waals surface area contributed by atoms with Crippen LogP contribution in [0, 0.1) is 0 Å². The van der Waals surface area contributed by atoms with Gasteiger partial charge in [-0.2, -0.15) is 0 Å². The lowest BCUT2D eigenvalue weighted by molar-refractivity contribution is -0.274. The lowest BCUT2D eigenvalue weighted by Gasteiger charge is -2.13. The van der Waals surface area contributed by atoms with E-state index in [0.717, 1.165) is 5.56 Å². The van der Waals surface area contributed by atoms with E-state index in [9.17, 15) is 22.8 Å². The van der Waals surface area contributed by atoms with Gasteiger partial charge in [0, 0.05) is 13.0 Å². The molecule has 0 saturated carbocycles. The van der Waals surface area contributed by atoms with Gasteiger partial charge >= 0.3 is 12.3 Å². The fraction of sp³-hybridized carbons (Fsp3) is 0.263. The number of ether oxygens (including phenoxy) is 1. The monoisotopic (exact) mass is 381 g/mol. The number of carbonyl (C=O) groups excluding carboxylic acids is 1. The molecule has 1 amide bonds. The van der Waals surface area contributed by atoms with Crippen molar-refractivity contribution in [3.8, 4) is 5.75 Å². The predicted molar refractivity (Wildman–Crippen MR) is 91.6 cm³/mol. The van der Waals surface area contributed by atoms with Crippen molar-refractivity contribution >= 4 is 11.9 Å². The minimum absolute atomic E-state index is 0.169. The summed E-state index contributed by atoms with van der Waals surface area (Å²) in [5, 5.41) is 11.5. The van der Waals surface area contributed by atoms with Crippen LogP contribution in [0.25, 0.3) is 0 Å². The minimum atomic E-state index is -4.77. The zero-order valence-corrected chi connectivity index (χ0v) is 14.3. The lowest BCUT2D eigenvalue weighted by Crippen LogP contribution is -2.26. The Morgan fingerprint density at radius 1 is 1.00 bits per heavy atom. The number of hydrogen-bond acceptors (Lipinski definition) is 3. The third-order valence-corrected chi connectivity index (χ3v) is 3.76. The van der Waals surface area contributed by atoms with Crippen LogP contribution in [-0.4, -0.2) is 29.9 Å². The van der Waals surface area contributed by atoms with Crippen LogP contribution in [0.15, 0.2) is 48.5 Å². The van der Waals surface area contributed by atoms with Gasteiger partial charge in [-0.05, 0) is 42.2 Å². The Labute approximate surface area is 153 Å². The molecule has 0 radical (unpaired) electrons. The summed E-state index contributed by atoms with van der Waals surface area (Å²) in [6.07, 6.45) is -3.95. The molecule has 2 N–H and O–H groups in total. The molecule has 0 atom stereocenters. The van der Waals surface area contributed by atoms with E-state index in [0.29, 0.717) is 12.0 Å². The van der Waals surface area contributed by atoms with Gasteiger partial charge in [-0.3, -0.25) is 4.79 Å². The number of aromatic carboxylic acids is 1. The Balaban J connectivity index is 1.79. The first kappa shape index (κ1) is 20.3. The molecule has 144 valence electrons. The highest BCUT2D eigenvalue weighted by Gasteiger charge is 2.31. The van der Waals surface area contributed by atoms with Gasteiger partial charge in [0.15, 0.2) is 0 Å². The van der Waals surface area contributed by atoms with Crippen LogP contribution < -0.4 is 10.1 Å². The van der Waals surface area contributed by atoms with Gasteiger partial charge in [0.25, 0.3) is 0 Å². The van der Waals surface area contributed by atoms with Crippen molar-refractivity contribution in [2.75, 3.05) is 6.54 Å². The van der Waals surface area contributed by atoms with Gasteiger partial charge in [-0.15, -0.1) is 13.2 Å². The maximum absolute atomic E-state index is 12.4. The molecule has 27 heavy (non-hydrogen) atoms. The molecule has 2 aromatic rings. The molecule has 0 unspecified atom stereocenters. The minimum Gasteiger partial charge on any atom is -0.478 e. The lowest BCUT2D eigenvalue weighted by atomic mass is 10.1. The van der Waals surface area contributed by atoms with Gasteiger partial charge in [0.05, 0.1) is 5.56 Å². The SMILES string of the molecule is O=C(CCc1ccc(C(=O)O)cc1)NCCc1ccccc1OC(F)(F)F. The Morgan fingerprint density at radius 3 is 2.30 bits per heavy atom. The number of carboxylic acids is 1. The smallest absolute Gasteiger partial charge is 0.478 e. The van der Waals surface area contributed by atoms with E-state index in [2.05, 4.69) is 10.1 Å². The van der Waals surface area contributed by atoms with Crippen LogP contribution in [0.2, 0.25) is 0 Å². The largest absolute Gasteiger partial charge is 0.573 e. The van der Waals surface area contributed by atoms with Crippen LogP contribution >= 0.6 is 0 Å². The average molecular weight is 381 g/mol. The highest BCUT2D eigenvalue weighted by molar-refractivity contribution is 5.87. The number of carboxylic acid groups (broad SMARTS) is 1. The Morgan fingerprint density at radius 2 is 1.67 bits per heavy atom. The zero-order valence-electron chi connectivity index (χ0n) is 14.3. The summed E-state index contributed by atoms with van der Waals surface area (Å²) in [6.45, 7) is 0.176. The zero-order chi connectivity index (χ0) is 19.9. The molecule has 5 nitrogen and oxygen atoms in total. The molecule has 0 fully saturated rings. The molecule has 0 saturated heterocycles. The molecule has 0 spiro atoms. The summed E-state index contributed by atoms with van der Waals surface area (Å²) < 4.78 is 41.1. The fourth-order valence-electron chi connectivity index (χ4n) is 2.43. The van der Waals surface area contributed by atoms with E-state index < -0.39 is 12.3 Å². The number of halogens is 3. The van der Waals surface area contributed by atoms with Crippen LogP contribution in [0.1, 0.15) is 27.9 Å². The molecule has 0 bridgehead atoms. The number of nitrogens with one attached hydrogen (secondary N) is 1. The number of hydrogen-bond donors (Lipinski definition) is 2. The summed E-state index contributed by atoms with van der Waals surface area (Å²) in [6, 6.07) is 12.0. The molecule has 2 rings (SSSR count). The predicted octanol–water partition coefficient (Wildman–Crippen LogP) is 3.57. The quantitative estimate of drug-likeness (QED) is 0.733. The molecule has 0 aliphatic carbocycles. The standard InChI is InChI=1S/C19H18F3NO4/c20-19(21,22)27-16-4-2-1-3-14(16)11-12-23-17(24)10-7-13-5-8-15(9-6-13)18(25)26/h1-6,8-9H,7,10-12H2,(H,23,24)(H,25,26). The third kappa shape index (κ3) is 7.01. The molecular weight excluding hydrogens is 363 g/mol. The number of rotatable bonds is 8. The Bertz CT molecular complexity index is 788. The van der Waals surface area contributed by atoms with Crippen molar-refractivity contribution in [2.45, 2.75) is 25.6 Å². The van der Waals surface area contributed by atoms with E-state index in [-0.39, 0.29) is 36.6 Å². The average Bonchev–Trinajstić information content (AvgIpc) is 2.60. The molecule has 0 aromatic heterocycles. The van der Waals surface area contributed by atoms with E-state index in [1.54, 1.807) is 18.2 Å². The van der Waals surface area contributed by atoms with Crippen molar-refractivity contribution in [3.63, 3.8) is 0 Å². The van der Waals surface area contributed by atoms with Crippen LogP contribution in [0.4, 0.5) is 13.2 Å². The topological polar surface area (TPSA) is 75.6 Å². The van der Waals surface area contributed by atoms with E-state index in [1.165, 1.54) is 30.3 Å². The maximum atomic E-state index is 12.4. The van der Waals surface area contributed by atoms with Crippen LogP contribution in [0.5, 0.6) is 5.75 Å². The number of para-hydroxylation sites is 1. The van der Waals surface area contributed by atoms with E-state index in [4.69, 9.17) is 5.11 Å². The summed E-state index contributed by atoms with van der Waals surface area (Å²) in [5.74, 6) is -1.54. The second kappa shape index (κ2) is 9.07. The normalized spacial score (nSPS) is 11.1. The van der Waals surface area contributed by atoms with E-state index in [1.807, 2.05) is 0 Å². The van der Waals surface area contributed by atoms with Gasteiger partial charge in [-0.1, -0.05) is 30.3 Å². The van der Waals surface area contributed by atoms with Crippen LogP contribution in [0.3, 0.4) is 0 Å².